The molecule has 144 valence electrons. The molecule has 1 aliphatic heterocycles. The van der Waals surface area contributed by atoms with Crippen LogP contribution in [0.5, 0.6) is 11.5 Å². The Kier molecular flexibility index (Phi) is 5.18. The topological polar surface area (TPSA) is 122 Å². The highest BCUT2D eigenvalue weighted by Gasteiger charge is 2.33. The predicted octanol–water partition coefficient (Wildman–Crippen LogP) is 3.06. The number of amides is 3. The first-order chi connectivity index (χ1) is 13.3. The van der Waals surface area contributed by atoms with Crippen molar-refractivity contribution in [2.24, 2.45) is 0 Å². The number of halogens is 1. The third-order valence-corrected chi connectivity index (χ3v) is 4.27. The molecule has 0 atom stereocenters. The summed E-state index contributed by atoms with van der Waals surface area (Å²) in [5.74, 6) is -1.34. The number of hydrogen-bond acceptors (Lipinski definition) is 6. The number of nitro benzene ring substituents is 1. The Morgan fingerprint density at radius 3 is 2.57 bits per heavy atom. The molecule has 28 heavy (non-hydrogen) atoms. The number of carbonyl (C=O) groups is 2. The van der Waals surface area contributed by atoms with Gasteiger partial charge in [-0.25, -0.2) is 4.79 Å². The highest BCUT2D eigenvalue weighted by atomic mass is 35.5. The summed E-state index contributed by atoms with van der Waals surface area (Å²) in [7, 11) is 1.24. The zero-order chi connectivity index (χ0) is 20.4. The number of methoxy groups -OCH3 is 1. The van der Waals surface area contributed by atoms with Gasteiger partial charge in [0, 0.05) is 11.1 Å². The van der Waals surface area contributed by atoms with Crippen LogP contribution in [0.25, 0.3) is 6.08 Å². The second kappa shape index (κ2) is 7.57. The number of imide groups is 1. The Bertz CT molecular complexity index is 1000. The molecule has 0 saturated carbocycles. The van der Waals surface area contributed by atoms with Crippen molar-refractivity contribution in [3.63, 3.8) is 0 Å². The first-order valence-corrected chi connectivity index (χ1v) is 8.32. The minimum atomic E-state index is -0.776. The van der Waals surface area contributed by atoms with Crippen molar-refractivity contribution in [3.05, 3.63) is 68.4 Å². The molecule has 1 saturated heterocycles. The van der Waals surface area contributed by atoms with Gasteiger partial charge in [0.2, 0.25) is 5.75 Å². The van der Waals surface area contributed by atoms with Gasteiger partial charge in [0.25, 0.3) is 5.91 Å². The van der Waals surface area contributed by atoms with E-state index in [-0.39, 0.29) is 23.6 Å². The summed E-state index contributed by atoms with van der Waals surface area (Å²) >= 11 is 5.82. The minimum absolute atomic E-state index is 0.0399. The van der Waals surface area contributed by atoms with E-state index in [0.29, 0.717) is 10.6 Å². The first kappa shape index (κ1) is 19.2. The molecule has 10 heteroatoms. The predicted molar refractivity (Wildman–Crippen MR) is 99.8 cm³/mol. The maximum atomic E-state index is 12.6. The number of benzene rings is 2. The second-order valence-electron chi connectivity index (χ2n) is 5.85. The summed E-state index contributed by atoms with van der Waals surface area (Å²) in [4.78, 5) is 36.0. The van der Waals surface area contributed by atoms with Crippen molar-refractivity contribution in [2.45, 2.75) is 6.54 Å². The average Bonchev–Trinajstić information content (AvgIpc) is 2.91. The van der Waals surface area contributed by atoms with E-state index < -0.39 is 28.3 Å². The smallest absolute Gasteiger partial charge is 0.329 e. The largest absolute Gasteiger partial charge is 0.500 e. The van der Waals surface area contributed by atoms with Crippen LogP contribution in [0.4, 0.5) is 10.5 Å². The van der Waals surface area contributed by atoms with Gasteiger partial charge in [0.15, 0.2) is 5.75 Å². The number of rotatable bonds is 5. The zero-order valence-electron chi connectivity index (χ0n) is 14.5. The van der Waals surface area contributed by atoms with Gasteiger partial charge in [-0.15, -0.1) is 0 Å². The summed E-state index contributed by atoms with van der Waals surface area (Å²) < 4.78 is 4.92. The Morgan fingerprint density at radius 1 is 1.29 bits per heavy atom. The van der Waals surface area contributed by atoms with Crippen LogP contribution in [-0.4, -0.2) is 34.0 Å². The fourth-order valence-corrected chi connectivity index (χ4v) is 2.77. The molecule has 1 aliphatic rings. The van der Waals surface area contributed by atoms with Gasteiger partial charge < -0.3 is 15.2 Å². The minimum Gasteiger partial charge on any atom is -0.500 e. The molecule has 0 aromatic heterocycles. The lowest BCUT2D eigenvalue weighted by atomic mass is 10.1. The van der Waals surface area contributed by atoms with Crippen molar-refractivity contribution in [3.8, 4) is 11.5 Å². The van der Waals surface area contributed by atoms with Crippen molar-refractivity contribution < 1.29 is 24.4 Å². The molecule has 9 nitrogen and oxygen atoms in total. The number of nitrogens with zero attached hydrogens (tertiary/aromatic N) is 2. The number of ether oxygens (including phenoxy) is 1. The van der Waals surface area contributed by atoms with Crippen molar-refractivity contribution >= 4 is 35.3 Å². The van der Waals surface area contributed by atoms with Gasteiger partial charge in [0.05, 0.1) is 18.6 Å². The average molecular weight is 404 g/mol. The lowest BCUT2D eigenvalue weighted by Crippen LogP contribution is -2.30. The number of urea groups is 1. The molecule has 3 rings (SSSR count). The Labute approximate surface area is 163 Å². The fourth-order valence-electron chi connectivity index (χ4n) is 2.65. The van der Waals surface area contributed by atoms with Crippen LogP contribution in [0, 0.1) is 10.1 Å². The van der Waals surface area contributed by atoms with Crippen molar-refractivity contribution in [1.82, 2.24) is 10.2 Å². The van der Waals surface area contributed by atoms with Gasteiger partial charge in [-0.05, 0) is 35.4 Å². The van der Waals surface area contributed by atoms with Crippen LogP contribution in [-0.2, 0) is 11.3 Å². The summed E-state index contributed by atoms with van der Waals surface area (Å²) in [6.07, 6.45) is 1.27. The Balaban J connectivity index is 1.90. The van der Waals surface area contributed by atoms with E-state index in [1.165, 1.54) is 19.3 Å². The molecule has 0 bridgehead atoms. The van der Waals surface area contributed by atoms with Gasteiger partial charge in [-0.2, -0.15) is 0 Å². The third kappa shape index (κ3) is 3.74. The quantitative estimate of drug-likeness (QED) is 0.342. The van der Waals surface area contributed by atoms with Gasteiger partial charge >= 0.3 is 11.7 Å². The van der Waals surface area contributed by atoms with E-state index in [1.54, 1.807) is 24.3 Å². The number of hydrogen-bond donors (Lipinski definition) is 2. The van der Waals surface area contributed by atoms with Gasteiger partial charge in [0.1, 0.15) is 5.70 Å². The summed E-state index contributed by atoms with van der Waals surface area (Å²) in [5.41, 5.74) is 0.274. The molecular formula is C18H14ClN3O6. The molecule has 0 radical (unpaired) electrons. The van der Waals surface area contributed by atoms with E-state index >= 15 is 0 Å². The second-order valence-corrected chi connectivity index (χ2v) is 6.29. The summed E-state index contributed by atoms with van der Waals surface area (Å²) in [5, 5.41) is 23.9. The summed E-state index contributed by atoms with van der Waals surface area (Å²) in [6.45, 7) is 0.0399. The van der Waals surface area contributed by atoms with Crippen LogP contribution in [0.2, 0.25) is 5.02 Å². The number of carbonyl (C=O) groups excluding carboxylic acids is 2. The van der Waals surface area contributed by atoms with Crippen LogP contribution < -0.4 is 10.1 Å². The van der Waals surface area contributed by atoms with Crippen LogP contribution in [0.3, 0.4) is 0 Å². The first-order valence-electron chi connectivity index (χ1n) is 7.94. The maximum absolute atomic E-state index is 12.6. The van der Waals surface area contributed by atoms with Crippen molar-refractivity contribution in [1.29, 1.82) is 0 Å². The van der Waals surface area contributed by atoms with E-state index in [2.05, 4.69) is 5.32 Å². The highest BCUT2D eigenvalue weighted by Crippen LogP contribution is 2.37. The molecule has 3 amide bonds. The fraction of sp³-hybridized carbons (Fsp3) is 0.111. The molecule has 0 spiro atoms. The SMILES string of the molecule is COc1cc(/C=C2\NC(=O)N(Cc3ccc(Cl)cc3)C2=O)cc([N+](=O)[O-])c1O. The number of nitro groups is 1. The lowest BCUT2D eigenvalue weighted by Gasteiger charge is -2.11. The Morgan fingerprint density at radius 2 is 1.96 bits per heavy atom. The van der Waals surface area contributed by atoms with E-state index in [1.807, 2.05) is 0 Å². The van der Waals surface area contributed by atoms with Crippen LogP contribution in [0.15, 0.2) is 42.1 Å². The summed E-state index contributed by atoms with van der Waals surface area (Å²) in [6, 6.07) is 8.45. The number of aromatic hydroxyl groups is 1. The number of nitrogens with one attached hydrogen (secondary N) is 1. The molecule has 2 aromatic carbocycles. The molecule has 1 fully saturated rings. The van der Waals surface area contributed by atoms with E-state index in [9.17, 15) is 24.8 Å². The zero-order valence-corrected chi connectivity index (χ0v) is 15.3. The number of phenols is 1. The molecule has 2 aromatic rings. The lowest BCUT2D eigenvalue weighted by molar-refractivity contribution is -0.386. The molecule has 2 N–H and O–H groups in total. The normalized spacial score (nSPS) is 15.1. The number of phenolic OH excluding ortho intramolecular Hbond substituents is 1. The maximum Gasteiger partial charge on any atom is 0.329 e. The van der Waals surface area contributed by atoms with Gasteiger partial charge in [-0.3, -0.25) is 19.8 Å². The molecular weight excluding hydrogens is 390 g/mol. The van der Waals surface area contributed by atoms with Gasteiger partial charge in [-0.1, -0.05) is 23.7 Å². The van der Waals surface area contributed by atoms with Crippen molar-refractivity contribution in [2.75, 3.05) is 7.11 Å². The van der Waals surface area contributed by atoms with Crippen LogP contribution >= 0.6 is 11.6 Å². The van der Waals surface area contributed by atoms with E-state index in [4.69, 9.17) is 16.3 Å². The molecule has 0 unspecified atom stereocenters. The van der Waals surface area contributed by atoms with Crippen LogP contribution in [0.1, 0.15) is 11.1 Å². The van der Waals surface area contributed by atoms with E-state index in [0.717, 1.165) is 11.0 Å². The molecule has 1 heterocycles. The Hall–Kier alpha value is -3.59. The monoisotopic (exact) mass is 403 g/mol. The molecule has 0 aliphatic carbocycles. The third-order valence-electron chi connectivity index (χ3n) is 4.02. The highest BCUT2D eigenvalue weighted by molar-refractivity contribution is 6.30. The standard InChI is InChI=1S/C18H14ClN3O6/c1-28-15-8-11(7-14(16(15)23)22(26)27)6-13-17(24)21(18(25)20-13)9-10-2-4-12(19)5-3-10/h2-8,23H,9H2,1H3,(H,20,25)/b13-6-.